The highest BCUT2D eigenvalue weighted by Crippen LogP contribution is 2.35. The van der Waals surface area contributed by atoms with Gasteiger partial charge in [-0.3, -0.25) is 0 Å². The molecule has 1 fully saturated rings. The summed E-state index contributed by atoms with van der Waals surface area (Å²) in [5.74, 6) is 2.67. The van der Waals surface area contributed by atoms with Crippen LogP contribution >= 0.6 is 0 Å². The van der Waals surface area contributed by atoms with Gasteiger partial charge in [0.15, 0.2) is 11.5 Å². The van der Waals surface area contributed by atoms with Crippen molar-refractivity contribution in [1.82, 2.24) is 5.32 Å². The van der Waals surface area contributed by atoms with E-state index in [1.54, 1.807) is 0 Å². The fourth-order valence-corrected chi connectivity index (χ4v) is 2.23. The highest BCUT2D eigenvalue weighted by molar-refractivity contribution is 5.46. The number of benzene rings is 1. The molecular formula is C18H29NO2. The monoisotopic (exact) mass is 291 g/mol. The van der Waals surface area contributed by atoms with Crippen molar-refractivity contribution < 1.29 is 9.47 Å². The van der Waals surface area contributed by atoms with E-state index in [-0.39, 0.29) is 5.54 Å². The van der Waals surface area contributed by atoms with Gasteiger partial charge in [0.2, 0.25) is 0 Å². The van der Waals surface area contributed by atoms with Crippen LogP contribution in [0.5, 0.6) is 11.5 Å². The Balaban J connectivity index is 2.05. The second kappa shape index (κ2) is 7.17. The third-order valence-electron chi connectivity index (χ3n) is 3.64. The molecule has 21 heavy (non-hydrogen) atoms. The highest BCUT2D eigenvalue weighted by atomic mass is 16.5. The summed E-state index contributed by atoms with van der Waals surface area (Å²) in [4.78, 5) is 0. The molecule has 0 unspecified atom stereocenters. The molecule has 1 saturated carbocycles. The average molecular weight is 291 g/mol. The largest absolute Gasteiger partial charge is 0.490 e. The predicted molar refractivity (Wildman–Crippen MR) is 87.0 cm³/mol. The van der Waals surface area contributed by atoms with E-state index in [0.29, 0.717) is 6.61 Å². The zero-order chi connectivity index (χ0) is 15.3. The van der Waals surface area contributed by atoms with Crippen LogP contribution in [0.1, 0.15) is 52.5 Å². The Morgan fingerprint density at radius 2 is 1.95 bits per heavy atom. The van der Waals surface area contributed by atoms with Gasteiger partial charge >= 0.3 is 0 Å². The van der Waals surface area contributed by atoms with E-state index >= 15 is 0 Å². The summed E-state index contributed by atoms with van der Waals surface area (Å²) >= 11 is 0. The summed E-state index contributed by atoms with van der Waals surface area (Å²) in [5, 5.41) is 3.52. The van der Waals surface area contributed by atoms with Crippen LogP contribution in [0.25, 0.3) is 0 Å². The van der Waals surface area contributed by atoms with Crippen LogP contribution in [0.3, 0.4) is 0 Å². The first-order valence-corrected chi connectivity index (χ1v) is 8.12. The van der Waals surface area contributed by atoms with E-state index in [1.807, 2.05) is 19.1 Å². The van der Waals surface area contributed by atoms with E-state index in [1.165, 1.54) is 18.4 Å². The Bertz CT molecular complexity index is 447. The SMILES string of the molecule is CCOc1cccc(CNC(C)(C)C)c1OCCC1CC1. The third-order valence-corrected chi connectivity index (χ3v) is 3.64. The van der Waals surface area contributed by atoms with Crippen molar-refractivity contribution in [3.63, 3.8) is 0 Å². The lowest BCUT2D eigenvalue weighted by Gasteiger charge is -2.22. The Kier molecular flexibility index (Phi) is 5.51. The summed E-state index contributed by atoms with van der Waals surface area (Å²) < 4.78 is 11.8. The van der Waals surface area contributed by atoms with Crippen molar-refractivity contribution in [3.05, 3.63) is 23.8 Å². The molecule has 0 radical (unpaired) electrons. The van der Waals surface area contributed by atoms with Crippen molar-refractivity contribution >= 4 is 0 Å². The van der Waals surface area contributed by atoms with Gasteiger partial charge in [0, 0.05) is 17.6 Å². The minimum absolute atomic E-state index is 0.0902. The lowest BCUT2D eigenvalue weighted by Crippen LogP contribution is -2.35. The van der Waals surface area contributed by atoms with Crippen molar-refractivity contribution in [3.8, 4) is 11.5 Å². The zero-order valence-electron chi connectivity index (χ0n) is 13.9. The van der Waals surface area contributed by atoms with E-state index in [4.69, 9.17) is 9.47 Å². The van der Waals surface area contributed by atoms with Crippen LogP contribution in [0.15, 0.2) is 18.2 Å². The molecule has 0 spiro atoms. The third kappa shape index (κ3) is 5.58. The molecule has 3 heteroatoms. The second-order valence-electron chi connectivity index (χ2n) is 6.86. The number of nitrogens with one attached hydrogen (secondary N) is 1. The molecule has 3 nitrogen and oxygen atoms in total. The van der Waals surface area contributed by atoms with Crippen molar-refractivity contribution in [2.24, 2.45) is 5.92 Å². The zero-order valence-corrected chi connectivity index (χ0v) is 13.9. The van der Waals surface area contributed by atoms with Crippen LogP contribution in [0.4, 0.5) is 0 Å². The number of ether oxygens (including phenoxy) is 2. The predicted octanol–water partition coefficient (Wildman–Crippen LogP) is 4.15. The van der Waals surface area contributed by atoms with Gasteiger partial charge < -0.3 is 14.8 Å². The smallest absolute Gasteiger partial charge is 0.165 e. The first-order valence-electron chi connectivity index (χ1n) is 8.12. The molecular weight excluding hydrogens is 262 g/mol. The maximum atomic E-state index is 6.07. The Labute approximate surface area is 129 Å². The van der Waals surface area contributed by atoms with Crippen LogP contribution in [-0.2, 0) is 6.54 Å². The van der Waals surface area contributed by atoms with E-state index in [9.17, 15) is 0 Å². The number of hydrogen-bond donors (Lipinski definition) is 1. The molecule has 0 amide bonds. The summed E-state index contributed by atoms with van der Waals surface area (Å²) in [6.07, 6.45) is 3.90. The van der Waals surface area contributed by atoms with Gasteiger partial charge in [-0.25, -0.2) is 0 Å². The fraction of sp³-hybridized carbons (Fsp3) is 0.667. The van der Waals surface area contributed by atoms with Crippen molar-refractivity contribution in [2.75, 3.05) is 13.2 Å². The molecule has 1 N–H and O–H groups in total. The van der Waals surface area contributed by atoms with Gasteiger partial charge in [-0.05, 0) is 46.1 Å². The van der Waals surface area contributed by atoms with Gasteiger partial charge in [0.25, 0.3) is 0 Å². The van der Waals surface area contributed by atoms with Gasteiger partial charge in [-0.15, -0.1) is 0 Å². The lowest BCUT2D eigenvalue weighted by atomic mass is 10.1. The first-order chi connectivity index (χ1) is 9.99. The molecule has 1 aliphatic rings. The molecule has 118 valence electrons. The summed E-state index contributed by atoms with van der Waals surface area (Å²) in [5.41, 5.74) is 1.26. The molecule has 0 aromatic heterocycles. The second-order valence-corrected chi connectivity index (χ2v) is 6.86. The number of hydrogen-bond acceptors (Lipinski definition) is 3. The van der Waals surface area contributed by atoms with Crippen LogP contribution < -0.4 is 14.8 Å². The number of rotatable bonds is 8. The summed E-state index contributed by atoms with van der Waals surface area (Å²) in [7, 11) is 0. The van der Waals surface area contributed by atoms with Crippen LogP contribution in [0.2, 0.25) is 0 Å². The molecule has 1 aromatic carbocycles. The molecule has 0 bridgehead atoms. The van der Waals surface area contributed by atoms with Gasteiger partial charge in [-0.1, -0.05) is 25.0 Å². The van der Waals surface area contributed by atoms with Crippen LogP contribution in [-0.4, -0.2) is 18.8 Å². The van der Waals surface area contributed by atoms with Gasteiger partial charge in [0.1, 0.15) is 0 Å². The van der Waals surface area contributed by atoms with Gasteiger partial charge in [0.05, 0.1) is 13.2 Å². The normalized spacial score (nSPS) is 15.0. The molecule has 0 aliphatic heterocycles. The molecule has 2 rings (SSSR count). The van der Waals surface area contributed by atoms with Gasteiger partial charge in [-0.2, -0.15) is 0 Å². The number of para-hydroxylation sites is 1. The van der Waals surface area contributed by atoms with Crippen molar-refractivity contribution in [1.29, 1.82) is 0 Å². The van der Waals surface area contributed by atoms with E-state index in [0.717, 1.165) is 37.0 Å². The highest BCUT2D eigenvalue weighted by Gasteiger charge is 2.21. The molecule has 1 aromatic rings. The van der Waals surface area contributed by atoms with E-state index < -0.39 is 0 Å². The molecule has 1 aliphatic carbocycles. The van der Waals surface area contributed by atoms with E-state index in [2.05, 4.69) is 32.2 Å². The minimum atomic E-state index is 0.0902. The fourth-order valence-electron chi connectivity index (χ4n) is 2.23. The summed E-state index contributed by atoms with van der Waals surface area (Å²) in [6, 6.07) is 6.16. The molecule has 0 heterocycles. The quantitative estimate of drug-likeness (QED) is 0.780. The topological polar surface area (TPSA) is 30.5 Å². The minimum Gasteiger partial charge on any atom is -0.490 e. The van der Waals surface area contributed by atoms with Crippen molar-refractivity contribution in [2.45, 2.75) is 59.0 Å². The lowest BCUT2D eigenvalue weighted by molar-refractivity contribution is 0.265. The maximum Gasteiger partial charge on any atom is 0.165 e. The van der Waals surface area contributed by atoms with Crippen LogP contribution in [0, 0.1) is 5.92 Å². The Morgan fingerprint density at radius 3 is 2.57 bits per heavy atom. The standard InChI is InChI=1S/C18H29NO2/c1-5-20-16-8-6-7-15(13-19-18(2,3)4)17(16)21-12-11-14-9-10-14/h6-8,14,19H,5,9-13H2,1-4H3. The Morgan fingerprint density at radius 1 is 1.19 bits per heavy atom. The maximum absolute atomic E-state index is 6.07. The molecule has 0 atom stereocenters. The first kappa shape index (κ1) is 16.2. The molecule has 0 saturated heterocycles. The Hall–Kier alpha value is -1.22. The average Bonchev–Trinajstić information content (AvgIpc) is 3.22. The summed E-state index contributed by atoms with van der Waals surface area (Å²) in [6.45, 7) is 10.8.